The Hall–Kier alpha value is -4.62. The maximum Gasteiger partial charge on any atom is 0.335 e. The van der Waals surface area contributed by atoms with Gasteiger partial charge < -0.3 is 25.0 Å². The van der Waals surface area contributed by atoms with Crippen molar-refractivity contribution < 1.29 is 34.1 Å². The molecule has 0 spiro atoms. The lowest BCUT2D eigenvalue weighted by atomic mass is 10.1. The molecular formula is C27H21BrN2O7. The monoisotopic (exact) mass is 564 g/mol. The number of amides is 1. The number of rotatable bonds is 10. The van der Waals surface area contributed by atoms with Crippen LogP contribution in [-0.4, -0.2) is 34.7 Å². The molecule has 0 saturated carbocycles. The third-order valence-corrected chi connectivity index (χ3v) is 5.52. The van der Waals surface area contributed by atoms with Crippen LogP contribution in [0.15, 0.2) is 70.7 Å². The highest BCUT2D eigenvalue weighted by atomic mass is 79.9. The molecule has 3 aromatic carbocycles. The Kier molecular flexibility index (Phi) is 9.02. The second-order valence-corrected chi connectivity index (χ2v) is 8.42. The molecule has 3 rings (SSSR count). The second-order valence-electron chi connectivity index (χ2n) is 7.57. The van der Waals surface area contributed by atoms with Gasteiger partial charge in [0, 0.05) is 5.69 Å². The Bertz CT molecular complexity index is 1430. The van der Waals surface area contributed by atoms with E-state index >= 15 is 0 Å². The van der Waals surface area contributed by atoms with Gasteiger partial charge in [-0.15, -0.1) is 0 Å². The number of carboxylic acid groups (broad SMARTS) is 2. The molecule has 37 heavy (non-hydrogen) atoms. The van der Waals surface area contributed by atoms with Crippen LogP contribution in [0.25, 0.3) is 6.08 Å². The molecule has 0 bridgehead atoms. The van der Waals surface area contributed by atoms with Crippen LogP contribution >= 0.6 is 15.9 Å². The summed E-state index contributed by atoms with van der Waals surface area (Å²) in [6.45, 7) is 2.18. The zero-order valence-corrected chi connectivity index (χ0v) is 21.1. The number of hydrogen-bond acceptors (Lipinski definition) is 6. The number of carboxylic acids is 2. The molecule has 0 unspecified atom stereocenters. The van der Waals surface area contributed by atoms with Gasteiger partial charge in [0.15, 0.2) is 11.5 Å². The maximum absolute atomic E-state index is 12.7. The van der Waals surface area contributed by atoms with Crippen LogP contribution in [0.5, 0.6) is 11.5 Å². The van der Waals surface area contributed by atoms with E-state index in [4.69, 9.17) is 14.6 Å². The highest BCUT2D eigenvalue weighted by Crippen LogP contribution is 2.38. The van der Waals surface area contributed by atoms with Gasteiger partial charge in [0.1, 0.15) is 18.2 Å². The van der Waals surface area contributed by atoms with Crippen molar-refractivity contribution >= 4 is 45.5 Å². The molecule has 1 amide bonds. The average Bonchev–Trinajstić information content (AvgIpc) is 2.87. The molecule has 0 radical (unpaired) electrons. The van der Waals surface area contributed by atoms with Gasteiger partial charge in [-0.05, 0) is 82.5 Å². The van der Waals surface area contributed by atoms with E-state index in [1.807, 2.05) is 6.07 Å². The number of nitriles is 1. The van der Waals surface area contributed by atoms with Crippen LogP contribution in [0.2, 0.25) is 0 Å². The first-order valence-electron chi connectivity index (χ1n) is 10.9. The number of nitrogens with one attached hydrogen (secondary N) is 1. The number of benzene rings is 3. The Labute approximate surface area is 220 Å². The van der Waals surface area contributed by atoms with Crippen molar-refractivity contribution in [2.75, 3.05) is 11.9 Å². The van der Waals surface area contributed by atoms with E-state index in [0.717, 1.165) is 0 Å². The zero-order valence-electron chi connectivity index (χ0n) is 19.5. The summed E-state index contributed by atoms with van der Waals surface area (Å²) in [5.41, 5.74) is 1.28. The van der Waals surface area contributed by atoms with Gasteiger partial charge in [-0.25, -0.2) is 9.59 Å². The molecule has 0 heterocycles. The van der Waals surface area contributed by atoms with Crippen LogP contribution in [0.4, 0.5) is 5.69 Å². The third-order valence-electron chi connectivity index (χ3n) is 4.93. The highest BCUT2D eigenvalue weighted by molar-refractivity contribution is 9.10. The third kappa shape index (κ3) is 7.19. The fourth-order valence-corrected chi connectivity index (χ4v) is 3.84. The number of carbonyl (C=O) groups excluding carboxylic acids is 1. The molecule has 0 aromatic heterocycles. The summed E-state index contributed by atoms with van der Waals surface area (Å²) in [5, 5.41) is 30.4. The second kappa shape index (κ2) is 12.4. The highest BCUT2D eigenvalue weighted by Gasteiger charge is 2.16. The van der Waals surface area contributed by atoms with Gasteiger partial charge in [0.2, 0.25) is 0 Å². The van der Waals surface area contributed by atoms with Gasteiger partial charge in [-0.1, -0.05) is 18.2 Å². The Balaban J connectivity index is 1.85. The molecule has 3 N–H and O–H groups in total. The molecule has 9 nitrogen and oxygen atoms in total. The minimum Gasteiger partial charge on any atom is -0.490 e. The smallest absolute Gasteiger partial charge is 0.335 e. The fourth-order valence-electron chi connectivity index (χ4n) is 3.27. The molecule has 10 heteroatoms. The van der Waals surface area contributed by atoms with Crippen molar-refractivity contribution in [3.8, 4) is 17.6 Å². The van der Waals surface area contributed by atoms with E-state index in [-0.39, 0.29) is 29.0 Å². The first-order chi connectivity index (χ1) is 17.7. The van der Waals surface area contributed by atoms with E-state index in [1.165, 1.54) is 42.5 Å². The lowest BCUT2D eigenvalue weighted by Crippen LogP contribution is -2.14. The van der Waals surface area contributed by atoms with Crippen LogP contribution < -0.4 is 14.8 Å². The molecule has 0 saturated heterocycles. The van der Waals surface area contributed by atoms with Gasteiger partial charge in [0.05, 0.1) is 22.2 Å². The predicted molar refractivity (Wildman–Crippen MR) is 139 cm³/mol. The van der Waals surface area contributed by atoms with Crippen molar-refractivity contribution in [1.82, 2.24) is 0 Å². The number of hydrogen-bond donors (Lipinski definition) is 3. The van der Waals surface area contributed by atoms with Crippen molar-refractivity contribution in [2.45, 2.75) is 13.5 Å². The van der Waals surface area contributed by atoms with Crippen molar-refractivity contribution in [3.63, 3.8) is 0 Å². The molecular weight excluding hydrogens is 544 g/mol. The van der Waals surface area contributed by atoms with E-state index in [1.54, 1.807) is 31.2 Å². The summed E-state index contributed by atoms with van der Waals surface area (Å²) in [4.78, 5) is 35.0. The summed E-state index contributed by atoms with van der Waals surface area (Å²) in [6, 6.07) is 17.1. The van der Waals surface area contributed by atoms with Gasteiger partial charge in [-0.2, -0.15) is 5.26 Å². The molecule has 188 valence electrons. The largest absolute Gasteiger partial charge is 0.490 e. The van der Waals surface area contributed by atoms with Crippen LogP contribution in [0.1, 0.15) is 38.8 Å². The Morgan fingerprint density at radius 1 is 1.00 bits per heavy atom. The number of nitrogens with zero attached hydrogens (tertiary/aromatic N) is 1. The molecule has 0 atom stereocenters. The molecule has 3 aromatic rings. The fraction of sp³-hybridized carbons (Fsp3) is 0.111. The number of aromatic carboxylic acids is 2. The SMILES string of the molecule is CCOc1cc(/C=C(/C#N)C(=O)Nc2cccc(C(=O)O)c2)cc(Br)c1OCc1cccc(C(=O)O)c1. The minimum atomic E-state index is -1.14. The zero-order chi connectivity index (χ0) is 26.9. The van der Waals surface area contributed by atoms with Crippen LogP contribution in [0.3, 0.4) is 0 Å². The van der Waals surface area contributed by atoms with Gasteiger partial charge in [0.25, 0.3) is 5.91 Å². The normalized spacial score (nSPS) is 10.8. The Morgan fingerprint density at radius 2 is 1.68 bits per heavy atom. The lowest BCUT2D eigenvalue weighted by molar-refractivity contribution is -0.112. The standard InChI is InChI=1S/C27H21BrN2O7/c1-2-36-23-12-17(10-20(14-29)25(31)30-21-8-4-7-19(13-21)27(34)35)11-22(28)24(23)37-15-16-5-3-6-18(9-16)26(32)33/h3-13H,2,15H2,1H3,(H,30,31)(H,32,33)(H,34,35)/b20-10-. The topological polar surface area (TPSA) is 146 Å². The maximum atomic E-state index is 12.7. The van der Waals surface area contributed by atoms with Crippen LogP contribution in [-0.2, 0) is 11.4 Å². The summed E-state index contributed by atoms with van der Waals surface area (Å²) in [5.74, 6) is -2.17. The van der Waals surface area contributed by atoms with Gasteiger partial charge in [-0.3, -0.25) is 4.79 Å². The predicted octanol–water partition coefficient (Wildman–Crippen LogP) is 5.37. The quantitative estimate of drug-likeness (QED) is 0.220. The van der Waals surface area contributed by atoms with E-state index < -0.39 is 17.8 Å². The summed E-state index contributed by atoms with van der Waals surface area (Å²) >= 11 is 3.44. The number of halogens is 1. The van der Waals surface area contributed by atoms with E-state index in [9.17, 15) is 24.8 Å². The first kappa shape index (κ1) is 27.0. The molecule has 0 aliphatic carbocycles. The summed E-state index contributed by atoms with van der Waals surface area (Å²) < 4.78 is 12.1. The van der Waals surface area contributed by atoms with Crippen molar-refractivity contribution in [2.24, 2.45) is 0 Å². The van der Waals surface area contributed by atoms with Crippen molar-refractivity contribution in [3.05, 3.63) is 93.0 Å². The minimum absolute atomic E-state index is 0.00384. The number of carbonyl (C=O) groups is 3. The molecule has 0 aliphatic rings. The summed E-state index contributed by atoms with van der Waals surface area (Å²) in [6.07, 6.45) is 1.36. The Morgan fingerprint density at radius 3 is 2.32 bits per heavy atom. The molecule has 0 aliphatic heterocycles. The van der Waals surface area contributed by atoms with Crippen LogP contribution in [0, 0.1) is 11.3 Å². The van der Waals surface area contributed by atoms with Gasteiger partial charge >= 0.3 is 11.9 Å². The first-order valence-corrected chi connectivity index (χ1v) is 11.7. The average molecular weight is 565 g/mol. The number of anilines is 1. The molecule has 0 fully saturated rings. The van der Waals surface area contributed by atoms with Crippen molar-refractivity contribution in [1.29, 1.82) is 5.26 Å². The number of ether oxygens (including phenoxy) is 2. The van der Waals surface area contributed by atoms with E-state index in [0.29, 0.717) is 33.7 Å². The summed E-state index contributed by atoms with van der Waals surface area (Å²) in [7, 11) is 0. The van der Waals surface area contributed by atoms with E-state index in [2.05, 4.69) is 21.2 Å². The lowest BCUT2D eigenvalue weighted by Gasteiger charge is -2.15.